The van der Waals surface area contributed by atoms with Crippen LogP contribution in [0.25, 0.3) is 11.1 Å². The number of carbonyl (C=O) groups is 9. The monoisotopic (exact) mass is 2000 g/mol. The van der Waals surface area contributed by atoms with Crippen molar-refractivity contribution < 1.29 is 157 Å². The third-order valence-corrected chi connectivity index (χ3v) is 26.7. The summed E-state index contributed by atoms with van der Waals surface area (Å²) < 4.78 is 58.9. The van der Waals surface area contributed by atoms with Crippen LogP contribution in [-0.4, -0.2) is 255 Å². The predicted octanol–water partition coefficient (Wildman–Crippen LogP) is 3.42. The number of aromatic hydroxyl groups is 3. The molecule has 7 aromatic rings. The Balaban J connectivity index is 0.983. The van der Waals surface area contributed by atoms with Crippen molar-refractivity contribution in [3.05, 3.63) is 175 Å². The third-order valence-electron chi connectivity index (χ3n) is 26.1. The van der Waals surface area contributed by atoms with Crippen molar-refractivity contribution in [2.45, 2.75) is 257 Å². The zero-order chi connectivity index (χ0) is 101. The molecule has 0 spiro atoms. The van der Waals surface area contributed by atoms with Crippen LogP contribution in [0.5, 0.6) is 57.5 Å². The van der Waals surface area contributed by atoms with Gasteiger partial charge < -0.3 is 168 Å². The highest BCUT2D eigenvalue weighted by molar-refractivity contribution is 6.32. The van der Waals surface area contributed by atoms with Crippen LogP contribution in [0.15, 0.2) is 115 Å². The number of unbranched alkanes of at least 4 members (excludes halogenated alkanes) is 8. The van der Waals surface area contributed by atoms with Crippen LogP contribution in [0.4, 0.5) is 0 Å². The molecule has 25 N–H and O–H groups in total. The van der Waals surface area contributed by atoms with Crippen molar-refractivity contribution in [3.63, 3.8) is 0 Å². The van der Waals surface area contributed by atoms with Crippen LogP contribution >= 0.6 is 23.2 Å². The first kappa shape index (κ1) is 104. The van der Waals surface area contributed by atoms with Crippen molar-refractivity contribution >= 4 is 76.4 Å². The van der Waals surface area contributed by atoms with Gasteiger partial charge in [0.2, 0.25) is 65.1 Å². The fourth-order valence-corrected chi connectivity index (χ4v) is 19.1. The Bertz CT molecular complexity index is 5840. The van der Waals surface area contributed by atoms with Crippen LogP contribution in [0.2, 0.25) is 10.0 Å². The van der Waals surface area contributed by atoms with Gasteiger partial charge in [-0.2, -0.15) is 0 Å². The lowest BCUT2D eigenvalue weighted by Gasteiger charge is -2.44. The Morgan fingerprint density at radius 1 is 0.532 bits per heavy atom. The highest BCUT2D eigenvalue weighted by Gasteiger charge is 2.56. The Morgan fingerprint density at radius 2 is 1.11 bits per heavy atom. The van der Waals surface area contributed by atoms with E-state index in [2.05, 4.69) is 68.6 Å². The number of phenolic OH excluding ortho intramolecular Hbond substituents is 3. The quantitative estimate of drug-likeness (QED) is 0.0259. The number of aliphatic hydroxyl groups is 10. The summed E-state index contributed by atoms with van der Waals surface area (Å²) in [6.07, 6.45) is -19.4. The average Bonchev–Trinajstić information content (AvgIpc) is 1.55. The van der Waals surface area contributed by atoms with Crippen LogP contribution in [-0.2, 0) is 79.0 Å². The number of benzene rings is 7. The minimum absolute atomic E-state index is 0.0406. The summed E-state index contributed by atoms with van der Waals surface area (Å²) in [6.45, 7) is 5.44. The van der Waals surface area contributed by atoms with E-state index in [1.807, 2.05) is 0 Å². The second kappa shape index (κ2) is 44.4. The largest absolute Gasteiger partial charge is 0.508 e. The zero-order valence-corrected chi connectivity index (χ0v) is 78.3. The Labute approximate surface area is 816 Å². The van der Waals surface area contributed by atoms with Crippen molar-refractivity contribution in [2.75, 3.05) is 26.3 Å². The summed E-state index contributed by atoms with van der Waals surface area (Å²) in [7, 11) is 0. The molecule has 0 radical (unpaired) electrons. The smallest absolute Gasteiger partial charge is 0.330 e. The van der Waals surface area contributed by atoms with Crippen molar-refractivity contribution in [1.29, 1.82) is 0 Å². The van der Waals surface area contributed by atoms with Gasteiger partial charge in [-0.05, 0) is 154 Å². The lowest BCUT2D eigenvalue weighted by molar-refractivity contribution is -0.355. The number of carboxylic acid groups (broad SMARTS) is 1. The molecule has 3 fully saturated rings. The van der Waals surface area contributed by atoms with E-state index in [-0.39, 0.29) is 63.1 Å². The normalized spacial score (nSPS) is 29.1. The van der Waals surface area contributed by atoms with E-state index in [0.29, 0.717) is 31.7 Å². The molecule has 3 saturated heterocycles. The number of nitrogens with one attached hydrogen (secondary N) is 9. The lowest BCUT2D eigenvalue weighted by atomic mass is 9.90. The van der Waals surface area contributed by atoms with Crippen LogP contribution in [0, 0.1) is 5.92 Å². The van der Waals surface area contributed by atoms with E-state index in [1.165, 1.54) is 30.3 Å². The van der Waals surface area contributed by atoms with E-state index in [4.69, 9.17) is 71.6 Å². The van der Waals surface area contributed by atoms with E-state index >= 15 is 24.0 Å². The number of nitrogens with two attached hydrogens (primary N) is 1. The fourth-order valence-electron chi connectivity index (χ4n) is 18.6. The molecule has 1 aliphatic carbocycles. The lowest BCUT2D eigenvalue weighted by Crippen LogP contribution is -2.66. The molecule has 1 unspecified atom stereocenters. The number of aliphatic hydroxyl groups excluding tert-OH is 9. The summed E-state index contributed by atoms with van der Waals surface area (Å²) >= 11 is 15.0. The standard InChI is InChI=1S/C97H114Cl2N10O32/c1-5-6-7-8-11-14-25-101-38-65-78(117)82(121)76(104-68(116)16-13-10-9-12-15-41(2)3)95(136-65)140-86-63-33-48-34-64(86)135-61-24-20-46(31-57(61)99)85(139-94-75(102-42(4)112)81(120)79(118)66(39-110)137-94)77-92(129)108-74(93(130)131)53-36-50(114)37-55-69(53)52-30-45(18-21-54(52)97(55,132)141-96-84(123)83(122)80(119)67(40-111)138-96)71(89(126)109-77)106-91(128)73(48)107-90(127)72-47-28-49(113)35-51(29-47)133-62-32-44(19-22-59(62)115)70(100)88(125)103-58(87(124)105-72)27-43-17-23-60(134-63)56(98)26-43/h17-24,26,28-37,41,58,65-67,70-85,94-96,101,110-111,113-115,117-123,132H,5-16,25,27,38-40,100H2,1-4H3,(H,102,112)(H,103,125)(H,104,116)(H,105,124)(H,106,128)(H,107,127)(H,108,129)(H,109,126)(H,130,131)/t58-,65-,66-,67-,70-,71-,72+,73-,74+,75-,76-,77+,78-,79-,80-,81-,82-,83+,84+,85-,94+,95+,96-,97?/m1/s1. The second-order valence-corrected chi connectivity index (χ2v) is 37.5. The van der Waals surface area contributed by atoms with E-state index < -0.39 is 298 Å². The Kier molecular flexibility index (Phi) is 32.6. The van der Waals surface area contributed by atoms with Gasteiger partial charge >= 0.3 is 5.97 Å². The van der Waals surface area contributed by atoms with Gasteiger partial charge in [0.1, 0.15) is 144 Å². The van der Waals surface area contributed by atoms with Gasteiger partial charge in [-0.3, -0.25) is 38.4 Å². The number of hydrogen-bond donors (Lipinski definition) is 24. The maximum Gasteiger partial charge on any atom is 0.330 e. The Hall–Kier alpha value is -11.7. The van der Waals surface area contributed by atoms with Crippen LogP contribution in [0.1, 0.15) is 191 Å². The molecule has 758 valence electrons. The minimum Gasteiger partial charge on any atom is -0.508 e. The number of carbonyl (C=O) groups excluding carboxylic acids is 8. The highest BCUT2D eigenvalue weighted by atomic mass is 35.5. The fraction of sp³-hybridized carbons (Fsp3) is 0.474. The molecule has 42 nitrogen and oxygen atoms in total. The first-order valence-electron chi connectivity index (χ1n) is 46.6. The highest BCUT2D eigenvalue weighted by Crippen LogP contribution is 2.55. The van der Waals surface area contributed by atoms with Gasteiger partial charge in [-0.15, -0.1) is 0 Å². The second-order valence-electron chi connectivity index (χ2n) is 36.7. The molecule has 10 aliphatic rings. The molecule has 141 heavy (non-hydrogen) atoms. The summed E-state index contributed by atoms with van der Waals surface area (Å²) in [5.74, 6) is -19.8. The molecule has 8 amide bonds. The number of hydrogen-bond acceptors (Lipinski definition) is 33. The molecule has 0 aromatic heterocycles. The van der Waals surface area contributed by atoms with E-state index in [0.717, 1.165) is 143 Å². The number of phenols is 3. The number of halogens is 2. The van der Waals surface area contributed by atoms with E-state index in [1.54, 1.807) is 0 Å². The van der Waals surface area contributed by atoms with Crippen LogP contribution in [0.3, 0.4) is 0 Å². The van der Waals surface area contributed by atoms with Crippen molar-refractivity contribution in [3.8, 4) is 68.6 Å². The Morgan fingerprint density at radius 3 is 1.78 bits per heavy atom. The summed E-state index contributed by atoms with van der Waals surface area (Å²) in [5, 5.41) is 187. The summed E-state index contributed by atoms with van der Waals surface area (Å²) in [4.78, 5) is 140. The first-order valence-corrected chi connectivity index (χ1v) is 47.3. The van der Waals surface area contributed by atoms with Crippen molar-refractivity contribution in [1.82, 2.24) is 47.9 Å². The molecule has 17 rings (SSSR count). The summed E-state index contributed by atoms with van der Waals surface area (Å²) in [6, 6.07) is 2.20. The number of amides is 8. The minimum atomic E-state index is -3.17. The molecular formula is C97H114Cl2N10O32. The maximum atomic E-state index is 17.3. The number of fused-ring (bicyclic) bond motifs is 11. The van der Waals surface area contributed by atoms with Crippen LogP contribution < -0.4 is 72.5 Å². The molecule has 17 bridgehead atoms. The molecular weight excluding hydrogens is 1890 g/mol. The summed E-state index contributed by atoms with van der Waals surface area (Å²) in [5.41, 5.74) is 2.63. The molecule has 9 heterocycles. The van der Waals surface area contributed by atoms with E-state index in [9.17, 15) is 90.7 Å². The number of rotatable bonds is 27. The molecule has 24 atom stereocenters. The molecule has 0 saturated carbocycles. The topological polar surface area (TPSA) is 654 Å². The van der Waals surface area contributed by atoms with Gasteiger partial charge in [0.15, 0.2) is 41.6 Å². The predicted molar refractivity (Wildman–Crippen MR) is 494 cm³/mol. The van der Waals surface area contributed by atoms with Gasteiger partial charge in [-0.25, -0.2) is 4.79 Å². The molecule has 7 aromatic carbocycles. The first-order chi connectivity index (χ1) is 67.3. The number of ether oxygens (including phenoxy) is 9. The number of carboxylic acids is 1. The van der Waals surface area contributed by atoms with Gasteiger partial charge in [0.05, 0.1) is 23.3 Å². The maximum absolute atomic E-state index is 17.3. The van der Waals surface area contributed by atoms with Gasteiger partial charge in [-0.1, -0.05) is 132 Å². The molecule has 9 aliphatic heterocycles. The van der Waals surface area contributed by atoms with Gasteiger partial charge in [0.25, 0.3) is 0 Å². The number of aliphatic carboxylic acids is 1. The molecule has 44 heteroatoms. The van der Waals surface area contributed by atoms with Gasteiger partial charge in [0, 0.05) is 43.5 Å². The van der Waals surface area contributed by atoms with Crippen molar-refractivity contribution in [2.24, 2.45) is 11.7 Å². The third kappa shape index (κ3) is 22.7. The SMILES string of the molecule is CCCCCCCCNC[C@H]1O[C@@H](Oc2c3cc4cc2Oc2ccc(cc2Cl)[C@@H](O[C@@H]2O[C@H](CO)[C@@H](O)[C@H](O)[C@H]2NC(C)=O)[C@@H]2NC(=O)[C@H](NC(=O)[C@@H]4NC(=O)[C@H]4NC(=O)[C@@H](Cc5ccc(c(Cl)c5)O3)NC(=O)[C@H](N)c3ccc(O)c(c3)Oc3cc(O)cc4c3)c3ccc4c(c3)-c3c(cc(O)cc3C4(O)O[C@H]3O[C@H](CO)[C@@H](O)[C@H](O)[C@@H]3O)[C@@H](C(=O)O)NC2=O)[C@H](NC(=O)CCCCCCC(C)C)[C@@H](O)[C@@H]1O. The average molecular weight is 2000 g/mol. The zero-order valence-electron chi connectivity index (χ0n) is 76.8.